The summed E-state index contributed by atoms with van der Waals surface area (Å²) in [6, 6.07) is 0. The largest absolute Gasteiger partial charge is 0.0850 e. The second-order valence-electron chi connectivity index (χ2n) is 4.75. The van der Waals surface area contributed by atoms with Crippen LogP contribution < -0.4 is 0 Å². The SMILES string of the molecule is C1=C(C/C2=C/CCCCCC2)CCC1. The minimum Gasteiger partial charge on any atom is -0.0850 e. The van der Waals surface area contributed by atoms with Crippen LogP contribution in [0.25, 0.3) is 0 Å². The van der Waals surface area contributed by atoms with Gasteiger partial charge in [-0.3, -0.25) is 0 Å². The summed E-state index contributed by atoms with van der Waals surface area (Å²) >= 11 is 0. The average Bonchev–Trinajstić information content (AvgIpc) is 2.62. The number of rotatable bonds is 2. The first-order valence-electron chi connectivity index (χ1n) is 6.31. The molecule has 2 rings (SSSR count). The molecule has 0 atom stereocenters. The van der Waals surface area contributed by atoms with Crippen molar-refractivity contribution in [3.05, 3.63) is 23.3 Å². The van der Waals surface area contributed by atoms with E-state index in [1.165, 1.54) is 64.2 Å². The van der Waals surface area contributed by atoms with Gasteiger partial charge in [-0.05, 0) is 51.4 Å². The quantitative estimate of drug-likeness (QED) is 0.550. The second-order valence-corrected chi connectivity index (χ2v) is 4.75. The summed E-state index contributed by atoms with van der Waals surface area (Å²) in [6.07, 6.45) is 18.9. The standard InChI is InChI=1S/C14H22/c1-2-4-8-13(9-5-3-1)12-14-10-6-7-11-14/h8,10H,1-7,9,11-12H2/b13-8+. The molecule has 78 valence electrons. The molecule has 0 bridgehead atoms. The summed E-state index contributed by atoms with van der Waals surface area (Å²) in [4.78, 5) is 0. The van der Waals surface area contributed by atoms with Gasteiger partial charge in [0.1, 0.15) is 0 Å². The van der Waals surface area contributed by atoms with Crippen LogP contribution in [0.1, 0.15) is 64.2 Å². The molecule has 0 aromatic carbocycles. The summed E-state index contributed by atoms with van der Waals surface area (Å²) in [6.45, 7) is 0. The molecular weight excluding hydrogens is 168 g/mol. The first-order chi connectivity index (χ1) is 6.95. The topological polar surface area (TPSA) is 0 Å². The fraction of sp³-hybridized carbons (Fsp3) is 0.714. The van der Waals surface area contributed by atoms with Gasteiger partial charge in [0, 0.05) is 0 Å². The maximum Gasteiger partial charge on any atom is -0.0108 e. The molecule has 0 heterocycles. The lowest BCUT2D eigenvalue weighted by molar-refractivity contribution is 0.618. The Morgan fingerprint density at radius 2 is 1.36 bits per heavy atom. The first kappa shape index (κ1) is 10.0. The van der Waals surface area contributed by atoms with Crippen LogP contribution in [-0.2, 0) is 0 Å². The molecule has 0 spiro atoms. The third-order valence-corrected chi connectivity index (χ3v) is 3.47. The molecule has 0 amide bonds. The van der Waals surface area contributed by atoms with E-state index >= 15 is 0 Å². The Kier molecular flexibility index (Phi) is 3.85. The van der Waals surface area contributed by atoms with Gasteiger partial charge in [0.2, 0.25) is 0 Å². The predicted octanol–water partition coefficient (Wildman–Crippen LogP) is 4.77. The highest BCUT2D eigenvalue weighted by molar-refractivity contribution is 5.18. The summed E-state index contributed by atoms with van der Waals surface area (Å²) in [5.74, 6) is 0. The second kappa shape index (κ2) is 5.38. The van der Waals surface area contributed by atoms with Gasteiger partial charge < -0.3 is 0 Å². The summed E-state index contributed by atoms with van der Waals surface area (Å²) < 4.78 is 0. The molecule has 0 heteroatoms. The summed E-state index contributed by atoms with van der Waals surface area (Å²) in [7, 11) is 0. The molecule has 0 saturated carbocycles. The zero-order valence-electron chi connectivity index (χ0n) is 9.23. The number of hydrogen-bond acceptors (Lipinski definition) is 0. The van der Waals surface area contributed by atoms with E-state index < -0.39 is 0 Å². The Bertz CT molecular complexity index is 232. The Hall–Kier alpha value is -0.520. The van der Waals surface area contributed by atoms with Crippen LogP contribution in [0.5, 0.6) is 0 Å². The fourth-order valence-corrected chi connectivity index (χ4v) is 2.61. The van der Waals surface area contributed by atoms with E-state index in [4.69, 9.17) is 0 Å². The van der Waals surface area contributed by atoms with Crippen LogP contribution >= 0.6 is 0 Å². The van der Waals surface area contributed by atoms with E-state index in [9.17, 15) is 0 Å². The molecule has 0 unspecified atom stereocenters. The van der Waals surface area contributed by atoms with Crippen molar-refractivity contribution >= 4 is 0 Å². The van der Waals surface area contributed by atoms with Crippen LogP contribution in [0.4, 0.5) is 0 Å². The van der Waals surface area contributed by atoms with Gasteiger partial charge in [-0.1, -0.05) is 36.1 Å². The van der Waals surface area contributed by atoms with Crippen LogP contribution in [0.2, 0.25) is 0 Å². The molecule has 0 saturated heterocycles. The summed E-state index contributed by atoms with van der Waals surface area (Å²) in [5.41, 5.74) is 3.45. The van der Waals surface area contributed by atoms with E-state index in [-0.39, 0.29) is 0 Å². The molecule has 2 aliphatic rings. The third kappa shape index (κ3) is 3.01. The fourth-order valence-electron chi connectivity index (χ4n) is 2.61. The predicted molar refractivity (Wildman–Crippen MR) is 62.3 cm³/mol. The highest BCUT2D eigenvalue weighted by Gasteiger charge is 2.08. The lowest BCUT2D eigenvalue weighted by Gasteiger charge is -2.11. The van der Waals surface area contributed by atoms with Crippen LogP contribution in [-0.4, -0.2) is 0 Å². The maximum absolute atomic E-state index is 2.53. The lowest BCUT2D eigenvalue weighted by atomic mass is 9.95. The normalized spacial score (nSPS) is 27.4. The van der Waals surface area contributed by atoms with E-state index in [0.717, 1.165) is 0 Å². The Balaban J connectivity index is 1.87. The molecular formula is C14H22. The number of hydrogen-bond donors (Lipinski definition) is 0. The monoisotopic (exact) mass is 190 g/mol. The highest BCUT2D eigenvalue weighted by Crippen LogP contribution is 2.28. The molecule has 2 aliphatic carbocycles. The lowest BCUT2D eigenvalue weighted by Crippen LogP contribution is -1.92. The minimum atomic E-state index is 1.31. The Labute approximate surface area is 88.1 Å². The van der Waals surface area contributed by atoms with Crippen LogP contribution in [0.15, 0.2) is 23.3 Å². The molecule has 0 aromatic rings. The van der Waals surface area contributed by atoms with Gasteiger partial charge >= 0.3 is 0 Å². The molecule has 14 heavy (non-hydrogen) atoms. The van der Waals surface area contributed by atoms with E-state index in [2.05, 4.69) is 12.2 Å². The number of allylic oxidation sites excluding steroid dienone is 4. The van der Waals surface area contributed by atoms with Crippen molar-refractivity contribution in [3.63, 3.8) is 0 Å². The summed E-state index contributed by atoms with van der Waals surface area (Å²) in [5, 5.41) is 0. The van der Waals surface area contributed by atoms with Crippen molar-refractivity contribution in [2.24, 2.45) is 0 Å². The molecule has 0 fully saturated rings. The molecule has 0 nitrogen and oxygen atoms in total. The van der Waals surface area contributed by atoms with Crippen LogP contribution in [0.3, 0.4) is 0 Å². The van der Waals surface area contributed by atoms with Crippen molar-refractivity contribution in [1.29, 1.82) is 0 Å². The molecule has 0 radical (unpaired) electrons. The highest BCUT2D eigenvalue weighted by atomic mass is 14.1. The minimum absolute atomic E-state index is 1.31. The van der Waals surface area contributed by atoms with Gasteiger partial charge in [0.05, 0.1) is 0 Å². The van der Waals surface area contributed by atoms with Crippen molar-refractivity contribution in [1.82, 2.24) is 0 Å². The van der Waals surface area contributed by atoms with Gasteiger partial charge in [-0.25, -0.2) is 0 Å². The van der Waals surface area contributed by atoms with E-state index in [1.54, 1.807) is 11.1 Å². The van der Waals surface area contributed by atoms with Crippen molar-refractivity contribution < 1.29 is 0 Å². The molecule has 0 aliphatic heterocycles. The van der Waals surface area contributed by atoms with Gasteiger partial charge in [-0.15, -0.1) is 0 Å². The van der Waals surface area contributed by atoms with Gasteiger partial charge in [0.25, 0.3) is 0 Å². The molecule has 0 N–H and O–H groups in total. The Morgan fingerprint density at radius 3 is 2.07 bits per heavy atom. The third-order valence-electron chi connectivity index (χ3n) is 3.47. The van der Waals surface area contributed by atoms with Crippen molar-refractivity contribution in [3.8, 4) is 0 Å². The smallest absolute Gasteiger partial charge is 0.0108 e. The van der Waals surface area contributed by atoms with Crippen LogP contribution in [0, 0.1) is 0 Å². The zero-order valence-corrected chi connectivity index (χ0v) is 9.23. The van der Waals surface area contributed by atoms with E-state index in [1.807, 2.05) is 0 Å². The maximum atomic E-state index is 2.53. The van der Waals surface area contributed by atoms with E-state index in [0.29, 0.717) is 0 Å². The molecule has 0 aromatic heterocycles. The van der Waals surface area contributed by atoms with Crippen molar-refractivity contribution in [2.75, 3.05) is 0 Å². The first-order valence-corrected chi connectivity index (χ1v) is 6.31. The van der Waals surface area contributed by atoms with Gasteiger partial charge in [-0.2, -0.15) is 0 Å². The van der Waals surface area contributed by atoms with Gasteiger partial charge in [0.15, 0.2) is 0 Å². The zero-order chi connectivity index (χ0) is 9.64. The average molecular weight is 190 g/mol. The Morgan fingerprint density at radius 1 is 0.714 bits per heavy atom. The van der Waals surface area contributed by atoms with Crippen molar-refractivity contribution in [2.45, 2.75) is 64.2 Å².